The number of hydrogen-bond donors (Lipinski definition) is 3. The third-order valence-corrected chi connectivity index (χ3v) is 5.58. The molecule has 3 atom stereocenters. The maximum absolute atomic E-state index is 13.5. The highest BCUT2D eigenvalue weighted by molar-refractivity contribution is 5.91. The Balaban J connectivity index is 3.13. The second-order valence-electron chi connectivity index (χ2n) is 9.68. The Bertz CT molecular complexity index is 812. The van der Waals surface area contributed by atoms with E-state index in [4.69, 9.17) is 0 Å². The smallest absolute Gasteiger partial charge is 0.331 e. The van der Waals surface area contributed by atoms with Gasteiger partial charge in [-0.2, -0.15) is 0 Å². The van der Waals surface area contributed by atoms with Crippen molar-refractivity contribution in [1.82, 2.24) is 15.5 Å². The lowest BCUT2D eigenvalue weighted by Gasteiger charge is -2.38. The minimum absolute atomic E-state index is 0.00212. The van der Waals surface area contributed by atoms with Crippen LogP contribution in [0, 0.1) is 11.3 Å². The van der Waals surface area contributed by atoms with Gasteiger partial charge < -0.3 is 20.6 Å². The standard InChI is InChI=1S/C25H39N3O4/c1-16(2)20(14-17(3)24(31)32)28(8)23(30)21(25(4,5)6)27-22(29)19(26-7)15-18-12-10-9-11-13-18/h9-14,16,19-21,26H,15H2,1-8H3,(H,27,29)(H,31,32)/b17-14+/t19-,20+,21+/m0/s1. The molecule has 2 amide bonds. The molecule has 178 valence electrons. The minimum Gasteiger partial charge on any atom is -0.478 e. The van der Waals surface area contributed by atoms with Crippen molar-refractivity contribution in [3.05, 3.63) is 47.5 Å². The molecule has 0 radical (unpaired) electrons. The zero-order valence-electron chi connectivity index (χ0n) is 20.6. The van der Waals surface area contributed by atoms with Gasteiger partial charge in [0.05, 0.1) is 12.1 Å². The SMILES string of the molecule is CN[C@@H](Cc1ccccc1)C(=O)N[C@H](C(=O)N(C)[C@H](/C=C(\C)C(=O)O)C(C)C)C(C)(C)C. The molecule has 1 aromatic carbocycles. The fourth-order valence-electron chi connectivity index (χ4n) is 3.50. The lowest BCUT2D eigenvalue weighted by molar-refractivity contribution is -0.140. The lowest BCUT2D eigenvalue weighted by atomic mass is 9.84. The Labute approximate surface area is 192 Å². The maximum atomic E-state index is 13.5. The number of hydrogen-bond acceptors (Lipinski definition) is 4. The summed E-state index contributed by atoms with van der Waals surface area (Å²) < 4.78 is 0. The Morgan fingerprint density at radius 3 is 2.12 bits per heavy atom. The molecule has 0 aliphatic heterocycles. The van der Waals surface area contributed by atoms with E-state index in [0.717, 1.165) is 5.56 Å². The van der Waals surface area contributed by atoms with Gasteiger partial charge in [-0.1, -0.05) is 71.0 Å². The number of nitrogens with zero attached hydrogens (tertiary/aromatic N) is 1. The quantitative estimate of drug-likeness (QED) is 0.481. The molecule has 0 saturated heterocycles. The monoisotopic (exact) mass is 445 g/mol. The van der Waals surface area contributed by atoms with Crippen molar-refractivity contribution < 1.29 is 19.5 Å². The molecular formula is C25H39N3O4. The number of carbonyl (C=O) groups excluding carboxylic acids is 2. The fourth-order valence-corrected chi connectivity index (χ4v) is 3.50. The van der Waals surface area contributed by atoms with Gasteiger partial charge in [-0.25, -0.2) is 4.79 Å². The average molecular weight is 446 g/mol. The van der Waals surface area contributed by atoms with Crippen LogP contribution in [-0.2, 0) is 20.8 Å². The molecule has 7 heteroatoms. The van der Waals surface area contributed by atoms with Crippen molar-refractivity contribution in [1.29, 1.82) is 0 Å². The first-order chi connectivity index (χ1) is 14.8. The van der Waals surface area contributed by atoms with E-state index in [1.165, 1.54) is 6.92 Å². The van der Waals surface area contributed by atoms with Crippen molar-refractivity contribution in [2.45, 2.75) is 66.1 Å². The van der Waals surface area contributed by atoms with Crippen LogP contribution < -0.4 is 10.6 Å². The third kappa shape index (κ3) is 7.79. The van der Waals surface area contributed by atoms with Crippen LogP contribution >= 0.6 is 0 Å². The van der Waals surface area contributed by atoms with Crippen molar-refractivity contribution in [2.75, 3.05) is 14.1 Å². The summed E-state index contributed by atoms with van der Waals surface area (Å²) in [6.45, 7) is 11.1. The highest BCUT2D eigenvalue weighted by atomic mass is 16.4. The van der Waals surface area contributed by atoms with Gasteiger partial charge in [0.15, 0.2) is 0 Å². The summed E-state index contributed by atoms with van der Waals surface area (Å²) >= 11 is 0. The Morgan fingerprint density at radius 2 is 1.69 bits per heavy atom. The second-order valence-corrected chi connectivity index (χ2v) is 9.68. The van der Waals surface area contributed by atoms with Crippen LogP contribution in [-0.4, -0.2) is 60.0 Å². The molecule has 0 saturated carbocycles. The van der Waals surface area contributed by atoms with Crippen LogP contribution in [0.15, 0.2) is 42.0 Å². The zero-order chi connectivity index (χ0) is 24.6. The summed E-state index contributed by atoms with van der Waals surface area (Å²) in [4.78, 5) is 39.5. The number of aliphatic carboxylic acids is 1. The van der Waals surface area contributed by atoms with E-state index >= 15 is 0 Å². The van der Waals surface area contributed by atoms with E-state index in [1.807, 2.05) is 65.0 Å². The van der Waals surface area contributed by atoms with Crippen molar-refractivity contribution in [2.24, 2.45) is 11.3 Å². The molecule has 0 fully saturated rings. The lowest BCUT2D eigenvalue weighted by Crippen LogP contribution is -2.59. The first-order valence-corrected chi connectivity index (χ1v) is 11.0. The number of nitrogens with one attached hydrogen (secondary N) is 2. The van der Waals surface area contributed by atoms with Crippen LogP contribution in [0.25, 0.3) is 0 Å². The van der Waals surface area contributed by atoms with Crippen molar-refractivity contribution >= 4 is 17.8 Å². The number of carbonyl (C=O) groups is 3. The number of rotatable bonds is 10. The molecule has 32 heavy (non-hydrogen) atoms. The van der Waals surface area contributed by atoms with Crippen LogP contribution in [0.5, 0.6) is 0 Å². The Morgan fingerprint density at radius 1 is 1.12 bits per heavy atom. The second kappa shape index (κ2) is 11.8. The number of benzene rings is 1. The largest absolute Gasteiger partial charge is 0.478 e. The summed E-state index contributed by atoms with van der Waals surface area (Å²) in [6, 6.07) is 8.02. The first kappa shape index (κ1) is 27.4. The van der Waals surface area contributed by atoms with Gasteiger partial charge in [-0.05, 0) is 37.3 Å². The maximum Gasteiger partial charge on any atom is 0.331 e. The van der Waals surface area contributed by atoms with Crippen LogP contribution in [0.4, 0.5) is 0 Å². The van der Waals surface area contributed by atoms with Crippen molar-refractivity contribution in [3.63, 3.8) is 0 Å². The topological polar surface area (TPSA) is 98.7 Å². The summed E-state index contributed by atoms with van der Waals surface area (Å²) in [7, 11) is 3.38. The average Bonchev–Trinajstić information content (AvgIpc) is 2.72. The summed E-state index contributed by atoms with van der Waals surface area (Å²) in [5.74, 6) is -1.53. The molecule has 0 bridgehead atoms. The third-order valence-electron chi connectivity index (χ3n) is 5.58. The molecule has 3 N–H and O–H groups in total. The highest BCUT2D eigenvalue weighted by Gasteiger charge is 2.38. The van der Waals surface area contributed by atoms with Gasteiger partial charge in [0.25, 0.3) is 0 Å². The number of likely N-dealkylation sites (N-methyl/N-ethyl adjacent to an activating group) is 2. The molecule has 0 spiro atoms. The molecule has 0 unspecified atom stereocenters. The summed E-state index contributed by atoms with van der Waals surface area (Å²) in [5.41, 5.74) is 0.656. The fraction of sp³-hybridized carbons (Fsp3) is 0.560. The molecule has 1 aromatic rings. The summed E-state index contributed by atoms with van der Waals surface area (Å²) in [5, 5.41) is 15.3. The van der Waals surface area contributed by atoms with E-state index < -0.39 is 29.5 Å². The van der Waals surface area contributed by atoms with Crippen LogP contribution in [0.3, 0.4) is 0 Å². The molecular weight excluding hydrogens is 406 g/mol. The van der Waals surface area contributed by atoms with Gasteiger partial charge in [-0.3, -0.25) is 9.59 Å². The van der Waals surface area contributed by atoms with Gasteiger partial charge in [0, 0.05) is 12.6 Å². The van der Waals surface area contributed by atoms with E-state index in [2.05, 4.69) is 10.6 Å². The van der Waals surface area contributed by atoms with E-state index in [9.17, 15) is 19.5 Å². The normalized spacial score (nSPS) is 15.1. The number of carboxylic acid groups (broad SMARTS) is 1. The zero-order valence-corrected chi connectivity index (χ0v) is 20.6. The number of carboxylic acids is 1. The van der Waals surface area contributed by atoms with E-state index in [-0.39, 0.29) is 23.3 Å². The molecule has 0 aliphatic rings. The first-order valence-electron chi connectivity index (χ1n) is 11.0. The highest BCUT2D eigenvalue weighted by Crippen LogP contribution is 2.24. The van der Waals surface area contributed by atoms with E-state index in [1.54, 1.807) is 25.1 Å². The van der Waals surface area contributed by atoms with Gasteiger partial charge in [0.2, 0.25) is 11.8 Å². The molecule has 1 rings (SSSR count). The predicted octanol–water partition coefficient (Wildman–Crippen LogP) is 2.86. The Hall–Kier alpha value is -2.67. The van der Waals surface area contributed by atoms with Crippen LogP contribution in [0.2, 0.25) is 0 Å². The van der Waals surface area contributed by atoms with Gasteiger partial charge in [0.1, 0.15) is 6.04 Å². The predicted molar refractivity (Wildman–Crippen MR) is 127 cm³/mol. The van der Waals surface area contributed by atoms with Gasteiger partial charge in [-0.15, -0.1) is 0 Å². The summed E-state index contributed by atoms with van der Waals surface area (Å²) in [6.07, 6.45) is 2.09. The molecule has 0 aromatic heterocycles. The number of amides is 2. The molecule has 7 nitrogen and oxygen atoms in total. The molecule has 0 aliphatic carbocycles. The van der Waals surface area contributed by atoms with Crippen molar-refractivity contribution in [3.8, 4) is 0 Å². The minimum atomic E-state index is -1.02. The van der Waals surface area contributed by atoms with Crippen LogP contribution in [0.1, 0.15) is 47.1 Å². The van der Waals surface area contributed by atoms with Gasteiger partial charge >= 0.3 is 5.97 Å². The Kier molecular flexibility index (Phi) is 10.1. The van der Waals surface area contributed by atoms with E-state index in [0.29, 0.717) is 6.42 Å². The molecule has 0 heterocycles.